The quantitative estimate of drug-likeness (QED) is 0.719. The van der Waals surface area contributed by atoms with Gasteiger partial charge in [-0.2, -0.15) is 0 Å². The maximum absolute atomic E-state index is 9.16. The Labute approximate surface area is 86.7 Å². The van der Waals surface area contributed by atoms with Gasteiger partial charge in [-0.3, -0.25) is 0 Å². The van der Waals surface area contributed by atoms with E-state index in [4.69, 9.17) is 5.11 Å². The Morgan fingerprint density at radius 1 is 0.929 bits per heavy atom. The van der Waals surface area contributed by atoms with Crippen LogP contribution in [0.2, 0.25) is 0 Å². The first-order chi connectivity index (χ1) is 6.90. The summed E-state index contributed by atoms with van der Waals surface area (Å²) in [6.07, 6.45) is 6.55. The van der Waals surface area contributed by atoms with Crippen LogP contribution in [0.4, 0.5) is 0 Å². The third kappa shape index (κ3) is 2.47. The number of aliphatic hydroxyl groups is 1. The molecule has 2 heterocycles. The van der Waals surface area contributed by atoms with Crippen molar-refractivity contribution in [2.75, 3.05) is 32.8 Å². The highest BCUT2D eigenvalue weighted by Gasteiger charge is 2.24. The molecule has 2 rings (SSSR count). The standard InChI is InChI=1S/C11H22N2O/c14-10-11-5-4-8-13(9-11)12-6-2-1-3-7-12/h11,14H,1-10H2. The van der Waals surface area contributed by atoms with E-state index in [1.165, 1.54) is 51.7 Å². The monoisotopic (exact) mass is 198 g/mol. The van der Waals surface area contributed by atoms with Crippen LogP contribution in [0, 0.1) is 5.92 Å². The molecule has 0 spiro atoms. The highest BCUT2D eigenvalue weighted by molar-refractivity contribution is 4.73. The Bertz CT molecular complexity index is 169. The SMILES string of the molecule is OCC1CCCN(N2CCCCC2)C1. The molecule has 1 atom stereocenters. The molecule has 0 radical (unpaired) electrons. The minimum atomic E-state index is 0.365. The van der Waals surface area contributed by atoms with Crippen molar-refractivity contribution in [1.29, 1.82) is 0 Å². The normalized spacial score (nSPS) is 31.9. The summed E-state index contributed by atoms with van der Waals surface area (Å²) < 4.78 is 0. The molecule has 2 saturated heterocycles. The molecule has 3 nitrogen and oxygen atoms in total. The van der Waals surface area contributed by atoms with Crippen LogP contribution >= 0.6 is 0 Å². The molecule has 0 aromatic carbocycles. The first kappa shape index (κ1) is 10.4. The molecule has 82 valence electrons. The van der Waals surface area contributed by atoms with Gasteiger partial charge < -0.3 is 5.11 Å². The van der Waals surface area contributed by atoms with E-state index in [1.54, 1.807) is 0 Å². The molecule has 0 aromatic rings. The van der Waals surface area contributed by atoms with Gasteiger partial charge in [0.2, 0.25) is 0 Å². The van der Waals surface area contributed by atoms with Gasteiger partial charge in [-0.05, 0) is 31.6 Å². The van der Waals surface area contributed by atoms with E-state index in [9.17, 15) is 0 Å². The number of nitrogens with zero attached hydrogens (tertiary/aromatic N) is 2. The summed E-state index contributed by atoms with van der Waals surface area (Å²) in [5, 5.41) is 14.1. The topological polar surface area (TPSA) is 26.7 Å². The highest BCUT2D eigenvalue weighted by Crippen LogP contribution is 2.20. The number of hydrogen-bond acceptors (Lipinski definition) is 3. The second-order valence-corrected chi connectivity index (χ2v) is 4.62. The van der Waals surface area contributed by atoms with E-state index in [2.05, 4.69) is 10.0 Å². The molecule has 3 heteroatoms. The molecule has 2 aliphatic heterocycles. The van der Waals surface area contributed by atoms with Gasteiger partial charge in [0, 0.05) is 32.8 Å². The maximum Gasteiger partial charge on any atom is 0.0472 e. The van der Waals surface area contributed by atoms with Gasteiger partial charge in [0.25, 0.3) is 0 Å². The van der Waals surface area contributed by atoms with Gasteiger partial charge in [-0.1, -0.05) is 6.42 Å². The largest absolute Gasteiger partial charge is 0.396 e. The number of piperidine rings is 2. The van der Waals surface area contributed by atoms with Crippen molar-refractivity contribution in [1.82, 2.24) is 10.0 Å². The van der Waals surface area contributed by atoms with Gasteiger partial charge in [-0.15, -0.1) is 0 Å². The van der Waals surface area contributed by atoms with Gasteiger partial charge in [-0.25, -0.2) is 10.0 Å². The molecule has 1 N–H and O–H groups in total. The molecule has 1 unspecified atom stereocenters. The minimum absolute atomic E-state index is 0.365. The van der Waals surface area contributed by atoms with Crippen molar-refractivity contribution in [2.24, 2.45) is 5.92 Å². The lowest BCUT2D eigenvalue weighted by atomic mass is 10.00. The molecule has 0 saturated carbocycles. The van der Waals surface area contributed by atoms with Crippen LogP contribution in [0.3, 0.4) is 0 Å². The van der Waals surface area contributed by atoms with E-state index in [0.717, 1.165) is 6.54 Å². The van der Waals surface area contributed by atoms with Crippen molar-refractivity contribution >= 4 is 0 Å². The van der Waals surface area contributed by atoms with E-state index < -0.39 is 0 Å². The molecule has 14 heavy (non-hydrogen) atoms. The third-order valence-corrected chi connectivity index (χ3v) is 3.49. The summed E-state index contributed by atoms with van der Waals surface area (Å²) in [7, 11) is 0. The van der Waals surface area contributed by atoms with Crippen LogP contribution in [0.15, 0.2) is 0 Å². The molecular formula is C11H22N2O. The van der Waals surface area contributed by atoms with Crippen LogP contribution in [0.25, 0.3) is 0 Å². The van der Waals surface area contributed by atoms with E-state index in [-0.39, 0.29) is 0 Å². The van der Waals surface area contributed by atoms with E-state index in [1.807, 2.05) is 0 Å². The Balaban J connectivity index is 1.83. The maximum atomic E-state index is 9.16. The Morgan fingerprint density at radius 2 is 1.64 bits per heavy atom. The summed E-state index contributed by atoms with van der Waals surface area (Å²) in [4.78, 5) is 0. The Hall–Kier alpha value is -0.120. The van der Waals surface area contributed by atoms with Crippen LogP contribution in [0.5, 0.6) is 0 Å². The highest BCUT2D eigenvalue weighted by atomic mass is 16.3. The van der Waals surface area contributed by atoms with Crippen molar-refractivity contribution in [3.05, 3.63) is 0 Å². The number of rotatable bonds is 2. The Kier molecular flexibility index (Phi) is 3.79. The lowest BCUT2D eigenvalue weighted by molar-refractivity contribution is -0.0722. The average Bonchev–Trinajstić information content (AvgIpc) is 2.30. The zero-order chi connectivity index (χ0) is 9.80. The number of hydrazine groups is 1. The molecule has 0 aliphatic carbocycles. The molecule has 0 bridgehead atoms. The lowest BCUT2D eigenvalue weighted by Gasteiger charge is -2.41. The summed E-state index contributed by atoms with van der Waals surface area (Å²) >= 11 is 0. The van der Waals surface area contributed by atoms with Crippen LogP contribution in [0.1, 0.15) is 32.1 Å². The zero-order valence-corrected chi connectivity index (χ0v) is 8.99. The summed E-state index contributed by atoms with van der Waals surface area (Å²) in [5.41, 5.74) is 0. The number of aliphatic hydroxyl groups excluding tert-OH is 1. The zero-order valence-electron chi connectivity index (χ0n) is 8.99. The molecule has 0 aromatic heterocycles. The van der Waals surface area contributed by atoms with Gasteiger partial charge in [0.15, 0.2) is 0 Å². The van der Waals surface area contributed by atoms with Crippen LogP contribution in [-0.4, -0.2) is 47.9 Å². The smallest absolute Gasteiger partial charge is 0.0472 e. The predicted molar refractivity (Wildman–Crippen MR) is 56.8 cm³/mol. The fourth-order valence-electron chi connectivity index (χ4n) is 2.61. The van der Waals surface area contributed by atoms with E-state index in [0.29, 0.717) is 12.5 Å². The second-order valence-electron chi connectivity index (χ2n) is 4.62. The summed E-state index contributed by atoms with van der Waals surface area (Å²) in [6, 6.07) is 0. The molecular weight excluding hydrogens is 176 g/mol. The predicted octanol–water partition coefficient (Wildman–Crippen LogP) is 1.09. The van der Waals surface area contributed by atoms with Crippen molar-refractivity contribution < 1.29 is 5.11 Å². The average molecular weight is 198 g/mol. The lowest BCUT2D eigenvalue weighted by Crippen LogP contribution is -2.50. The van der Waals surface area contributed by atoms with Crippen molar-refractivity contribution in [2.45, 2.75) is 32.1 Å². The van der Waals surface area contributed by atoms with Gasteiger partial charge in [0.05, 0.1) is 0 Å². The van der Waals surface area contributed by atoms with Crippen molar-refractivity contribution in [3.63, 3.8) is 0 Å². The van der Waals surface area contributed by atoms with Crippen LogP contribution in [-0.2, 0) is 0 Å². The Morgan fingerprint density at radius 3 is 2.36 bits per heavy atom. The fraction of sp³-hybridized carbons (Fsp3) is 1.00. The summed E-state index contributed by atoms with van der Waals surface area (Å²) in [6.45, 7) is 5.12. The number of hydrogen-bond donors (Lipinski definition) is 1. The minimum Gasteiger partial charge on any atom is -0.396 e. The molecule has 0 amide bonds. The van der Waals surface area contributed by atoms with Crippen LogP contribution < -0.4 is 0 Å². The first-order valence-electron chi connectivity index (χ1n) is 6.01. The summed E-state index contributed by atoms with van der Waals surface area (Å²) in [5.74, 6) is 0.519. The van der Waals surface area contributed by atoms with E-state index >= 15 is 0 Å². The third-order valence-electron chi connectivity index (χ3n) is 3.49. The van der Waals surface area contributed by atoms with Gasteiger partial charge >= 0.3 is 0 Å². The molecule has 2 aliphatic rings. The molecule has 2 fully saturated rings. The van der Waals surface area contributed by atoms with Gasteiger partial charge in [0.1, 0.15) is 0 Å². The fourth-order valence-corrected chi connectivity index (χ4v) is 2.61. The van der Waals surface area contributed by atoms with Crippen molar-refractivity contribution in [3.8, 4) is 0 Å². The first-order valence-corrected chi connectivity index (χ1v) is 6.01. The second kappa shape index (κ2) is 5.10.